The lowest BCUT2D eigenvalue weighted by Gasteiger charge is -2.18. The summed E-state index contributed by atoms with van der Waals surface area (Å²) >= 11 is 0. The van der Waals surface area contributed by atoms with Crippen LogP contribution in [0.25, 0.3) is 11.8 Å². The zero-order valence-corrected chi connectivity index (χ0v) is 13.0. The predicted octanol–water partition coefficient (Wildman–Crippen LogP) is 4.91. The van der Waals surface area contributed by atoms with Crippen molar-refractivity contribution in [2.24, 2.45) is 5.41 Å². The second kappa shape index (κ2) is 6.56. The Kier molecular flexibility index (Phi) is 4.76. The van der Waals surface area contributed by atoms with Crippen molar-refractivity contribution in [1.29, 1.82) is 0 Å². The Balaban J connectivity index is 2.39. The highest BCUT2D eigenvalue weighted by molar-refractivity contribution is 5.87. The number of carbonyl (C=O) groups excluding carboxylic acids is 1. The van der Waals surface area contributed by atoms with Crippen molar-refractivity contribution in [1.82, 2.24) is 0 Å². The SMILES string of the molecule is CC(C)(C)C(=O)O/C(=C/c1ccccc1)c1ccc(F)cc1. The largest absolute Gasteiger partial charge is 0.425 e. The van der Waals surface area contributed by atoms with Crippen molar-refractivity contribution in [2.75, 3.05) is 0 Å². The molecule has 2 aromatic rings. The van der Waals surface area contributed by atoms with E-state index in [0.717, 1.165) is 5.56 Å². The van der Waals surface area contributed by atoms with Crippen molar-refractivity contribution < 1.29 is 13.9 Å². The fourth-order valence-electron chi connectivity index (χ4n) is 1.74. The molecule has 0 amide bonds. The van der Waals surface area contributed by atoms with Crippen LogP contribution in [0.3, 0.4) is 0 Å². The molecule has 0 saturated carbocycles. The Labute approximate surface area is 130 Å². The molecule has 2 nitrogen and oxygen atoms in total. The molecule has 0 aliphatic rings. The van der Waals surface area contributed by atoms with Gasteiger partial charge in [-0.2, -0.15) is 0 Å². The van der Waals surface area contributed by atoms with E-state index >= 15 is 0 Å². The van der Waals surface area contributed by atoms with Gasteiger partial charge in [0, 0.05) is 5.56 Å². The van der Waals surface area contributed by atoms with Crippen LogP contribution in [-0.4, -0.2) is 5.97 Å². The smallest absolute Gasteiger partial charge is 0.316 e. The summed E-state index contributed by atoms with van der Waals surface area (Å²) in [7, 11) is 0. The summed E-state index contributed by atoms with van der Waals surface area (Å²) in [6.45, 7) is 5.38. The van der Waals surface area contributed by atoms with Crippen LogP contribution >= 0.6 is 0 Å². The average molecular weight is 298 g/mol. The highest BCUT2D eigenvalue weighted by atomic mass is 19.1. The summed E-state index contributed by atoms with van der Waals surface area (Å²) in [5.41, 5.74) is 0.946. The van der Waals surface area contributed by atoms with Crippen molar-refractivity contribution >= 4 is 17.8 Å². The van der Waals surface area contributed by atoms with Gasteiger partial charge in [0.05, 0.1) is 5.41 Å². The van der Waals surface area contributed by atoms with Gasteiger partial charge in [0.1, 0.15) is 11.6 Å². The maximum absolute atomic E-state index is 13.1. The molecule has 0 unspecified atom stereocenters. The van der Waals surface area contributed by atoms with Gasteiger partial charge < -0.3 is 4.74 Å². The molecule has 3 heteroatoms. The number of halogens is 1. The molecule has 0 aliphatic heterocycles. The highest BCUT2D eigenvalue weighted by Crippen LogP contribution is 2.25. The van der Waals surface area contributed by atoms with Crippen LogP contribution in [0, 0.1) is 11.2 Å². The van der Waals surface area contributed by atoms with Gasteiger partial charge in [-0.1, -0.05) is 30.3 Å². The first kappa shape index (κ1) is 16.0. The molecule has 22 heavy (non-hydrogen) atoms. The van der Waals surface area contributed by atoms with Crippen LogP contribution in [0.15, 0.2) is 54.6 Å². The van der Waals surface area contributed by atoms with Crippen LogP contribution in [0.4, 0.5) is 4.39 Å². The molecule has 0 fully saturated rings. The van der Waals surface area contributed by atoms with E-state index < -0.39 is 5.41 Å². The number of rotatable bonds is 3. The molecule has 0 heterocycles. The predicted molar refractivity (Wildman–Crippen MR) is 86.3 cm³/mol. The Hall–Kier alpha value is -2.42. The molecular weight excluding hydrogens is 279 g/mol. The molecule has 2 aromatic carbocycles. The number of benzene rings is 2. The summed E-state index contributed by atoms with van der Waals surface area (Å²) in [6, 6.07) is 15.4. The fraction of sp³-hybridized carbons (Fsp3) is 0.211. The first-order valence-electron chi connectivity index (χ1n) is 7.11. The molecule has 114 valence electrons. The maximum Gasteiger partial charge on any atom is 0.316 e. The number of hydrogen-bond donors (Lipinski definition) is 0. The van der Waals surface area contributed by atoms with Gasteiger partial charge in [0.2, 0.25) is 0 Å². The first-order chi connectivity index (χ1) is 10.4. The van der Waals surface area contributed by atoms with Gasteiger partial charge in [-0.05, 0) is 56.7 Å². The van der Waals surface area contributed by atoms with E-state index in [1.54, 1.807) is 39.0 Å². The number of ether oxygens (including phenoxy) is 1. The van der Waals surface area contributed by atoms with Gasteiger partial charge in [-0.25, -0.2) is 4.39 Å². The zero-order valence-electron chi connectivity index (χ0n) is 13.0. The minimum absolute atomic E-state index is 0.329. The Morgan fingerprint density at radius 1 is 1.00 bits per heavy atom. The van der Waals surface area contributed by atoms with E-state index in [1.165, 1.54) is 12.1 Å². The summed E-state index contributed by atoms with van der Waals surface area (Å²) in [6.07, 6.45) is 1.77. The number of hydrogen-bond acceptors (Lipinski definition) is 2. The Morgan fingerprint density at radius 3 is 2.14 bits per heavy atom. The molecule has 0 atom stereocenters. The van der Waals surface area contributed by atoms with Gasteiger partial charge in [0.15, 0.2) is 0 Å². The first-order valence-corrected chi connectivity index (χ1v) is 7.11. The third-order valence-electron chi connectivity index (χ3n) is 3.04. The maximum atomic E-state index is 13.1. The molecule has 0 aromatic heterocycles. The lowest BCUT2D eigenvalue weighted by atomic mass is 9.97. The van der Waals surface area contributed by atoms with E-state index in [9.17, 15) is 9.18 Å². The molecule has 0 saturated heterocycles. The highest BCUT2D eigenvalue weighted by Gasteiger charge is 2.25. The summed E-state index contributed by atoms with van der Waals surface area (Å²) in [5, 5.41) is 0. The summed E-state index contributed by atoms with van der Waals surface area (Å²) in [5.74, 6) is -0.255. The van der Waals surface area contributed by atoms with Gasteiger partial charge in [-0.3, -0.25) is 4.79 Å². The minimum Gasteiger partial charge on any atom is -0.425 e. The van der Waals surface area contributed by atoms with E-state index in [2.05, 4.69) is 0 Å². The summed E-state index contributed by atoms with van der Waals surface area (Å²) < 4.78 is 18.6. The quantitative estimate of drug-likeness (QED) is 0.457. The topological polar surface area (TPSA) is 26.3 Å². The minimum atomic E-state index is -0.615. The van der Waals surface area contributed by atoms with Crippen molar-refractivity contribution in [3.8, 4) is 0 Å². The van der Waals surface area contributed by atoms with Crippen LogP contribution in [-0.2, 0) is 9.53 Å². The van der Waals surface area contributed by atoms with E-state index in [0.29, 0.717) is 11.3 Å². The molecular formula is C19H19FO2. The molecule has 0 aliphatic carbocycles. The van der Waals surface area contributed by atoms with Gasteiger partial charge in [0.25, 0.3) is 0 Å². The normalized spacial score (nSPS) is 12.1. The zero-order chi connectivity index (χ0) is 16.2. The van der Waals surface area contributed by atoms with E-state index in [4.69, 9.17) is 4.74 Å². The lowest BCUT2D eigenvalue weighted by Crippen LogP contribution is -2.22. The van der Waals surface area contributed by atoms with Crippen molar-refractivity contribution in [3.63, 3.8) is 0 Å². The van der Waals surface area contributed by atoms with E-state index in [-0.39, 0.29) is 11.8 Å². The second-order valence-corrected chi connectivity index (χ2v) is 6.07. The molecule has 0 radical (unpaired) electrons. The van der Waals surface area contributed by atoms with Gasteiger partial charge >= 0.3 is 5.97 Å². The standard InChI is InChI=1S/C19H19FO2/c1-19(2,3)18(21)22-17(13-14-7-5-4-6-8-14)15-9-11-16(20)12-10-15/h4-13H,1-3H3/b17-13+. The van der Waals surface area contributed by atoms with E-state index in [1.807, 2.05) is 30.3 Å². The van der Waals surface area contributed by atoms with Crippen LogP contribution in [0.2, 0.25) is 0 Å². The molecule has 2 rings (SSSR count). The molecule has 0 bridgehead atoms. The van der Waals surface area contributed by atoms with Gasteiger partial charge in [-0.15, -0.1) is 0 Å². The Morgan fingerprint density at radius 2 is 1.59 bits per heavy atom. The number of esters is 1. The monoisotopic (exact) mass is 298 g/mol. The molecule has 0 N–H and O–H groups in total. The van der Waals surface area contributed by atoms with Crippen LogP contribution in [0.1, 0.15) is 31.9 Å². The molecule has 0 spiro atoms. The van der Waals surface area contributed by atoms with Crippen molar-refractivity contribution in [3.05, 3.63) is 71.5 Å². The number of carbonyl (C=O) groups is 1. The van der Waals surface area contributed by atoms with Crippen LogP contribution < -0.4 is 0 Å². The summed E-state index contributed by atoms with van der Waals surface area (Å²) in [4.78, 5) is 12.2. The second-order valence-electron chi connectivity index (χ2n) is 6.07. The van der Waals surface area contributed by atoms with Crippen LogP contribution in [0.5, 0.6) is 0 Å². The third kappa shape index (κ3) is 4.29. The average Bonchev–Trinajstić information content (AvgIpc) is 2.47. The fourth-order valence-corrected chi connectivity index (χ4v) is 1.74. The van der Waals surface area contributed by atoms with Crippen molar-refractivity contribution in [2.45, 2.75) is 20.8 Å². The lowest BCUT2D eigenvalue weighted by molar-refractivity contribution is -0.145. The third-order valence-corrected chi connectivity index (χ3v) is 3.04. The Bertz CT molecular complexity index is 665.